The molecule has 0 radical (unpaired) electrons. The molecule has 4 nitrogen and oxygen atoms in total. The Morgan fingerprint density at radius 2 is 0.984 bits per heavy atom. The molecule has 2 heterocycles. The van der Waals surface area contributed by atoms with Crippen LogP contribution in [0.15, 0.2) is 243 Å². The summed E-state index contributed by atoms with van der Waals surface area (Å²) >= 11 is 0. The lowest BCUT2D eigenvalue weighted by Crippen LogP contribution is -2.18. The summed E-state index contributed by atoms with van der Waals surface area (Å²) in [4.78, 5) is 10.2. The second-order valence-electron chi connectivity index (χ2n) is 15.7. The Balaban J connectivity index is 1.07. The second-order valence-corrected chi connectivity index (χ2v) is 15.7. The van der Waals surface area contributed by atoms with Gasteiger partial charge in [-0.15, -0.1) is 0 Å². The number of fused-ring (bicyclic) bond motifs is 7. The van der Waals surface area contributed by atoms with Crippen molar-refractivity contribution in [2.45, 2.75) is 0 Å². The smallest absolute Gasteiger partial charge is 0.145 e. The van der Waals surface area contributed by atoms with Gasteiger partial charge < -0.3 is 9.80 Å². The molecule has 0 spiro atoms. The summed E-state index contributed by atoms with van der Waals surface area (Å²) in [5.41, 5.74) is 13.9. The van der Waals surface area contributed by atoms with Gasteiger partial charge >= 0.3 is 0 Å². The van der Waals surface area contributed by atoms with Crippen molar-refractivity contribution in [3.8, 4) is 28.2 Å². The third kappa shape index (κ3) is 6.55. The second kappa shape index (κ2) is 15.8. The number of imidazole rings is 1. The van der Waals surface area contributed by atoms with Crippen molar-refractivity contribution in [1.29, 1.82) is 0 Å². The van der Waals surface area contributed by atoms with E-state index in [1.165, 1.54) is 27.3 Å². The first-order valence-electron chi connectivity index (χ1n) is 21.1. The average Bonchev–Trinajstić information content (AvgIpc) is 3.78. The highest BCUT2D eigenvalue weighted by Gasteiger charge is 2.22. The number of rotatable bonds is 7. The van der Waals surface area contributed by atoms with Crippen LogP contribution in [0.5, 0.6) is 0 Å². The van der Waals surface area contributed by atoms with E-state index in [4.69, 9.17) is 4.98 Å². The molecule has 0 unspecified atom stereocenters. The van der Waals surface area contributed by atoms with Gasteiger partial charge in [0.1, 0.15) is 5.82 Å². The third-order valence-electron chi connectivity index (χ3n) is 11.9. The first-order valence-corrected chi connectivity index (χ1v) is 21.1. The highest BCUT2D eigenvalue weighted by molar-refractivity contribution is 6.24. The maximum absolute atomic E-state index is 5.51. The molecule has 0 amide bonds. The van der Waals surface area contributed by atoms with Crippen LogP contribution in [0.4, 0.5) is 22.7 Å². The SMILES string of the molecule is C=C1/C=C(N(c2ccc(-c3ccccc3)cc2)c2ccc(-c3nc4c5ccccc5c5ccccc5c4n3-c3ccccc3)cc2)\C=C/CN(c2ccccc2)c2ccccc21. The monoisotopic (exact) mass is 794 g/mol. The number of allylic oxidation sites excluding steroid dienone is 3. The largest absolute Gasteiger partial charge is 0.337 e. The molecule has 0 fully saturated rings. The van der Waals surface area contributed by atoms with Crippen LogP contribution in [0.3, 0.4) is 0 Å². The normalized spacial score (nSPS) is 14.2. The van der Waals surface area contributed by atoms with Crippen LogP contribution in [0.2, 0.25) is 0 Å². The average molecular weight is 795 g/mol. The molecule has 0 bridgehead atoms. The molecule has 0 N–H and O–H groups in total. The molecule has 0 aliphatic carbocycles. The fraction of sp³-hybridized carbons (Fsp3) is 0.0172. The first-order chi connectivity index (χ1) is 30.7. The Kier molecular flexibility index (Phi) is 9.36. The number of hydrogen-bond acceptors (Lipinski definition) is 3. The van der Waals surface area contributed by atoms with Gasteiger partial charge in [0, 0.05) is 62.6 Å². The van der Waals surface area contributed by atoms with E-state index in [1.807, 2.05) is 0 Å². The fourth-order valence-corrected chi connectivity index (χ4v) is 9.02. The van der Waals surface area contributed by atoms with Gasteiger partial charge in [0.15, 0.2) is 0 Å². The van der Waals surface area contributed by atoms with E-state index in [0.29, 0.717) is 6.54 Å². The molecule has 1 aromatic heterocycles. The van der Waals surface area contributed by atoms with Crippen LogP contribution in [-0.4, -0.2) is 16.1 Å². The van der Waals surface area contributed by atoms with Crippen molar-refractivity contribution in [1.82, 2.24) is 9.55 Å². The molecule has 4 heteroatoms. The van der Waals surface area contributed by atoms with Crippen LogP contribution >= 0.6 is 0 Å². The molecule has 62 heavy (non-hydrogen) atoms. The van der Waals surface area contributed by atoms with E-state index >= 15 is 0 Å². The molecule has 9 aromatic carbocycles. The molecule has 10 aromatic rings. The molecule has 0 atom stereocenters. The molecule has 294 valence electrons. The highest BCUT2D eigenvalue weighted by atomic mass is 15.2. The zero-order valence-corrected chi connectivity index (χ0v) is 34.1. The summed E-state index contributed by atoms with van der Waals surface area (Å²) in [6, 6.07) is 75.4. The van der Waals surface area contributed by atoms with Crippen molar-refractivity contribution in [3.63, 3.8) is 0 Å². The van der Waals surface area contributed by atoms with Crippen LogP contribution in [-0.2, 0) is 0 Å². The van der Waals surface area contributed by atoms with E-state index in [9.17, 15) is 0 Å². The highest BCUT2D eigenvalue weighted by Crippen LogP contribution is 2.41. The van der Waals surface area contributed by atoms with Crippen LogP contribution < -0.4 is 9.80 Å². The van der Waals surface area contributed by atoms with Crippen LogP contribution in [0, 0.1) is 0 Å². The Labute approximate surface area is 361 Å². The van der Waals surface area contributed by atoms with E-state index in [2.05, 4.69) is 251 Å². The molecule has 0 saturated heterocycles. The maximum Gasteiger partial charge on any atom is 0.145 e. The van der Waals surface area contributed by atoms with Gasteiger partial charge in [0.05, 0.1) is 11.0 Å². The molecular weight excluding hydrogens is 753 g/mol. The first kappa shape index (κ1) is 36.8. The topological polar surface area (TPSA) is 24.3 Å². The quantitative estimate of drug-likeness (QED) is 0.150. The van der Waals surface area contributed by atoms with Gasteiger partial charge in [-0.2, -0.15) is 0 Å². The zero-order chi connectivity index (χ0) is 41.4. The summed E-state index contributed by atoms with van der Waals surface area (Å²) in [6.07, 6.45) is 6.70. The third-order valence-corrected chi connectivity index (χ3v) is 11.9. The molecule has 0 saturated carbocycles. The Hall–Kier alpha value is -8.21. The summed E-state index contributed by atoms with van der Waals surface area (Å²) in [6.45, 7) is 5.37. The number of benzene rings is 9. The number of hydrogen-bond donors (Lipinski definition) is 0. The lowest BCUT2D eigenvalue weighted by Gasteiger charge is -2.27. The Morgan fingerprint density at radius 1 is 0.468 bits per heavy atom. The predicted molar refractivity (Wildman–Crippen MR) is 262 cm³/mol. The van der Waals surface area contributed by atoms with E-state index in [0.717, 1.165) is 73.1 Å². The van der Waals surface area contributed by atoms with Gasteiger partial charge in [0.25, 0.3) is 0 Å². The van der Waals surface area contributed by atoms with E-state index in [1.54, 1.807) is 0 Å². The zero-order valence-electron chi connectivity index (χ0n) is 34.1. The molecule has 11 rings (SSSR count). The Morgan fingerprint density at radius 3 is 1.66 bits per heavy atom. The van der Waals surface area contributed by atoms with E-state index < -0.39 is 0 Å². The number of para-hydroxylation sites is 3. The molecule has 1 aliphatic heterocycles. The number of aromatic nitrogens is 2. The minimum absolute atomic E-state index is 0.685. The summed E-state index contributed by atoms with van der Waals surface area (Å²) < 4.78 is 2.34. The van der Waals surface area contributed by atoms with Gasteiger partial charge in [-0.25, -0.2) is 4.98 Å². The molecule has 1 aliphatic rings. The van der Waals surface area contributed by atoms with Crippen molar-refractivity contribution >= 4 is 60.9 Å². The van der Waals surface area contributed by atoms with Gasteiger partial charge in [-0.1, -0.05) is 158 Å². The van der Waals surface area contributed by atoms with Gasteiger partial charge in [-0.3, -0.25) is 4.57 Å². The van der Waals surface area contributed by atoms with Crippen molar-refractivity contribution < 1.29 is 0 Å². The summed E-state index contributed by atoms with van der Waals surface area (Å²) in [5.74, 6) is 0.894. The number of anilines is 4. The fourth-order valence-electron chi connectivity index (χ4n) is 9.02. The standard InChI is InChI=1S/C58H42N4/c1-41-40-49(24-17-39-60(45-20-7-3-8-21-45)55-30-16-15-25-50(41)55)61(47-35-31-43(32-36-47)42-18-5-2-6-19-42)48-37-33-44(34-38-48)58-59-56-53-28-13-11-26-51(53)52-27-12-14-29-54(52)57(56)62(58)46-22-9-4-10-23-46/h2-38,40H,1,39H2/b24-17-,49-40+. The number of nitrogens with zero attached hydrogens (tertiary/aromatic N) is 4. The molecular formula is C58H42N4. The van der Waals surface area contributed by atoms with Gasteiger partial charge in [-0.05, 0) is 106 Å². The lowest BCUT2D eigenvalue weighted by atomic mass is 10.00. The lowest BCUT2D eigenvalue weighted by molar-refractivity contribution is 1.09. The Bertz CT molecular complexity index is 3310. The minimum Gasteiger partial charge on any atom is -0.337 e. The maximum atomic E-state index is 5.51. The van der Waals surface area contributed by atoms with Crippen molar-refractivity contribution in [3.05, 3.63) is 248 Å². The van der Waals surface area contributed by atoms with Crippen molar-refractivity contribution in [2.75, 3.05) is 16.3 Å². The van der Waals surface area contributed by atoms with E-state index in [-0.39, 0.29) is 0 Å². The van der Waals surface area contributed by atoms with Crippen LogP contribution in [0.1, 0.15) is 5.56 Å². The summed E-state index contributed by atoms with van der Waals surface area (Å²) in [7, 11) is 0. The van der Waals surface area contributed by atoms with Crippen molar-refractivity contribution in [2.24, 2.45) is 0 Å². The minimum atomic E-state index is 0.685. The van der Waals surface area contributed by atoms with Gasteiger partial charge in [0.2, 0.25) is 0 Å². The predicted octanol–water partition coefficient (Wildman–Crippen LogP) is 15.1. The van der Waals surface area contributed by atoms with Crippen LogP contribution in [0.25, 0.3) is 66.4 Å². The summed E-state index contributed by atoms with van der Waals surface area (Å²) in [5, 5.41) is 4.75.